The number of hydrogen-bond acceptors (Lipinski definition) is 2. The summed E-state index contributed by atoms with van der Waals surface area (Å²) in [5.74, 6) is -1.14. The van der Waals surface area contributed by atoms with E-state index in [1.165, 1.54) is 12.1 Å². The Morgan fingerprint density at radius 1 is 1.15 bits per heavy atom. The first-order chi connectivity index (χ1) is 9.65. The molecule has 2 rings (SSSR count). The SMILES string of the molecule is CCNC(c1cc(F)cc(F)c1)c1ncccc1CC. The van der Waals surface area contributed by atoms with Crippen LogP contribution in [0.15, 0.2) is 36.5 Å². The lowest BCUT2D eigenvalue weighted by Gasteiger charge is -2.20. The van der Waals surface area contributed by atoms with Crippen LogP contribution < -0.4 is 5.32 Å². The topological polar surface area (TPSA) is 24.9 Å². The second-order valence-electron chi connectivity index (χ2n) is 4.59. The minimum absolute atomic E-state index is 0.304. The predicted molar refractivity (Wildman–Crippen MR) is 75.5 cm³/mol. The Morgan fingerprint density at radius 2 is 1.85 bits per heavy atom. The number of benzene rings is 1. The third kappa shape index (κ3) is 3.20. The molecule has 2 nitrogen and oxygen atoms in total. The minimum atomic E-state index is -0.572. The highest BCUT2D eigenvalue weighted by atomic mass is 19.1. The van der Waals surface area contributed by atoms with E-state index < -0.39 is 11.6 Å². The monoisotopic (exact) mass is 276 g/mol. The number of rotatable bonds is 5. The summed E-state index contributed by atoms with van der Waals surface area (Å²) in [7, 11) is 0. The van der Waals surface area contributed by atoms with Gasteiger partial charge < -0.3 is 5.32 Å². The van der Waals surface area contributed by atoms with Crippen molar-refractivity contribution in [2.75, 3.05) is 6.54 Å². The molecule has 106 valence electrons. The Bertz CT molecular complexity index is 564. The molecule has 0 amide bonds. The molecule has 0 fully saturated rings. The van der Waals surface area contributed by atoms with Crippen molar-refractivity contribution < 1.29 is 8.78 Å². The first-order valence-electron chi connectivity index (χ1n) is 6.78. The van der Waals surface area contributed by atoms with E-state index in [2.05, 4.69) is 10.3 Å². The molecule has 0 spiro atoms. The Balaban J connectivity index is 2.50. The lowest BCUT2D eigenvalue weighted by molar-refractivity contribution is 0.560. The van der Waals surface area contributed by atoms with Gasteiger partial charge in [-0.15, -0.1) is 0 Å². The molecule has 0 bridgehead atoms. The van der Waals surface area contributed by atoms with Crippen molar-refractivity contribution in [1.29, 1.82) is 0 Å². The number of aryl methyl sites for hydroxylation is 1. The summed E-state index contributed by atoms with van der Waals surface area (Å²) in [6, 6.07) is 7.14. The van der Waals surface area contributed by atoms with E-state index in [4.69, 9.17) is 0 Å². The fourth-order valence-corrected chi connectivity index (χ4v) is 2.33. The van der Waals surface area contributed by atoms with E-state index >= 15 is 0 Å². The molecule has 1 unspecified atom stereocenters. The van der Waals surface area contributed by atoms with Gasteiger partial charge in [0, 0.05) is 12.3 Å². The number of hydrogen-bond donors (Lipinski definition) is 1. The second-order valence-corrected chi connectivity index (χ2v) is 4.59. The summed E-state index contributed by atoms with van der Waals surface area (Å²) < 4.78 is 26.9. The number of pyridine rings is 1. The van der Waals surface area contributed by atoms with Crippen LogP contribution in [0.4, 0.5) is 8.78 Å². The summed E-state index contributed by atoms with van der Waals surface area (Å²) in [6.07, 6.45) is 2.53. The fourth-order valence-electron chi connectivity index (χ4n) is 2.33. The molecule has 0 saturated carbocycles. The van der Waals surface area contributed by atoms with Crippen LogP contribution in [0, 0.1) is 11.6 Å². The van der Waals surface area contributed by atoms with Crippen molar-refractivity contribution in [2.24, 2.45) is 0 Å². The third-order valence-electron chi connectivity index (χ3n) is 3.21. The molecule has 1 aromatic carbocycles. The highest BCUT2D eigenvalue weighted by Crippen LogP contribution is 2.25. The fraction of sp³-hybridized carbons (Fsp3) is 0.312. The molecule has 0 radical (unpaired) electrons. The standard InChI is InChI=1S/C16H18F2N2/c1-3-11-6-5-7-20-15(11)16(19-4-2)12-8-13(17)10-14(18)9-12/h5-10,16,19H,3-4H2,1-2H3. The van der Waals surface area contributed by atoms with Gasteiger partial charge in [0.25, 0.3) is 0 Å². The van der Waals surface area contributed by atoms with E-state index in [1.54, 1.807) is 6.20 Å². The van der Waals surface area contributed by atoms with Gasteiger partial charge in [0.2, 0.25) is 0 Å². The molecule has 20 heavy (non-hydrogen) atoms. The molecular weight excluding hydrogens is 258 g/mol. The van der Waals surface area contributed by atoms with Gasteiger partial charge in [-0.2, -0.15) is 0 Å². The molecule has 1 heterocycles. The normalized spacial score (nSPS) is 12.4. The van der Waals surface area contributed by atoms with Crippen molar-refractivity contribution in [3.05, 3.63) is 65.0 Å². The molecule has 1 N–H and O–H groups in total. The molecule has 0 aliphatic rings. The maximum atomic E-state index is 13.4. The van der Waals surface area contributed by atoms with Crippen molar-refractivity contribution >= 4 is 0 Å². The van der Waals surface area contributed by atoms with Crippen molar-refractivity contribution in [2.45, 2.75) is 26.3 Å². The zero-order chi connectivity index (χ0) is 14.5. The van der Waals surface area contributed by atoms with Gasteiger partial charge in [-0.25, -0.2) is 8.78 Å². The van der Waals surface area contributed by atoms with E-state index in [0.29, 0.717) is 12.1 Å². The summed E-state index contributed by atoms with van der Waals surface area (Å²) in [5, 5.41) is 3.25. The Kier molecular flexibility index (Phi) is 4.79. The zero-order valence-corrected chi connectivity index (χ0v) is 11.7. The second kappa shape index (κ2) is 6.57. The summed E-state index contributed by atoms with van der Waals surface area (Å²) in [4.78, 5) is 4.40. The minimum Gasteiger partial charge on any atom is -0.305 e. The molecule has 1 atom stereocenters. The number of nitrogens with zero attached hydrogens (tertiary/aromatic N) is 1. The summed E-state index contributed by atoms with van der Waals surface area (Å²) >= 11 is 0. The average molecular weight is 276 g/mol. The van der Waals surface area contributed by atoms with Crippen LogP contribution in [-0.4, -0.2) is 11.5 Å². The van der Waals surface area contributed by atoms with Crippen LogP contribution in [0.3, 0.4) is 0 Å². The Morgan fingerprint density at radius 3 is 2.45 bits per heavy atom. The highest BCUT2D eigenvalue weighted by Gasteiger charge is 2.18. The van der Waals surface area contributed by atoms with Crippen molar-refractivity contribution in [3.63, 3.8) is 0 Å². The van der Waals surface area contributed by atoms with Gasteiger partial charge >= 0.3 is 0 Å². The Hall–Kier alpha value is -1.81. The van der Waals surface area contributed by atoms with E-state index in [9.17, 15) is 8.78 Å². The number of aromatic nitrogens is 1. The molecule has 0 aliphatic carbocycles. The van der Waals surface area contributed by atoms with Crippen molar-refractivity contribution in [3.8, 4) is 0 Å². The maximum absolute atomic E-state index is 13.4. The molecule has 0 saturated heterocycles. The highest BCUT2D eigenvalue weighted by molar-refractivity contribution is 5.33. The number of halogens is 2. The lowest BCUT2D eigenvalue weighted by Crippen LogP contribution is -2.24. The van der Waals surface area contributed by atoms with Gasteiger partial charge in [-0.05, 0) is 42.3 Å². The average Bonchev–Trinajstić information content (AvgIpc) is 2.43. The van der Waals surface area contributed by atoms with Crippen LogP contribution in [0.2, 0.25) is 0 Å². The third-order valence-corrected chi connectivity index (χ3v) is 3.21. The maximum Gasteiger partial charge on any atom is 0.126 e. The number of nitrogens with one attached hydrogen (secondary N) is 1. The van der Waals surface area contributed by atoms with Crippen LogP contribution >= 0.6 is 0 Å². The smallest absolute Gasteiger partial charge is 0.126 e. The van der Waals surface area contributed by atoms with Crippen LogP contribution in [0.1, 0.15) is 36.7 Å². The predicted octanol–water partition coefficient (Wildman–Crippen LogP) is 3.62. The molecular formula is C16H18F2N2. The van der Waals surface area contributed by atoms with Crippen LogP contribution in [0.25, 0.3) is 0 Å². The van der Waals surface area contributed by atoms with Gasteiger partial charge in [0.05, 0.1) is 11.7 Å². The van der Waals surface area contributed by atoms with E-state index in [0.717, 1.165) is 23.7 Å². The first kappa shape index (κ1) is 14.6. The van der Waals surface area contributed by atoms with Crippen LogP contribution in [-0.2, 0) is 6.42 Å². The van der Waals surface area contributed by atoms with E-state index in [-0.39, 0.29) is 6.04 Å². The van der Waals surface area contributed by atoms with Gasteiger partial charge in [0.1, 0.15) is 11.6 Å². The largest absolute Gasteiger partial charge is 0.305 e. The molecule has 1 aromatic heterocycles. The molecule has 0 aliphatic heterocycles. The van der Waals surface area contributed by atoms with Gasteiger partial charge in [0.15, 0.2) is 0 Å². The lowest BCUT2D eigenvalue weighted by atomic mass is 9.98. The summed E-state index contributed by atoms with van der Waals surface area (Å²) in [6.45, 7) is 4.68. The molecule has 4 heteroatoms. The zero-order valence-electron chi connectivity index (χ0n) is 11.7. The molecule has 2 aromatic rings. The summed E-state index contributed by atoms with van der Waals surface area (Å²) in [5.41, 5.74) is 2.45. The quantitative estimate of drug-likeness (QED) is 0.902. The van der Waals surface area contributed by atoms with Gasteiger partial charge in [-0.1, -0.05) is 19.9 Å². The van der Waals surface area contributed by atoms with Crippen LogP contribution in [0.5, 0.6) is 0 Å². The Labute approximate surface area is 117 Å². The van der Waals surface area contributed by atoms with E-state index in [1.807, 2.05) is 26.0 Å². The van der Waals surface area contributed by atoms with Crippen molar-refractivity contribution in [1.82, 2.24) is 10.3 Å². The van der Waals surface area contributed by atoms with Gasteiger partial charge in [-0.3, -0.25) is 4.98 Å². The first-order valence-corrected chi connectivity index (χ1v) is 6.78.